The molecule has 2 N–H and O–H groups in total. The summed E-state index contributed by atoms with van der Waals surface area (Å²) in [5, 5.41) is 0. The molecule has 0 amide bonds. The van der Waals surface area contributed by atoms with Crippen LogP contribution in [-0.4, -0.2) is 4.98 Å². The summed E-state index contributed by atoms with van der Waals surface area (Å²) in [5.41, 5.74) is 9.39. The third kappa shape index (κ3) is 2.56. The molecule has 0 bridgehead atoms. The van der Waals surface area contributed by atoms with Crippen molar-refractivity contribution >= 4 is 23.3 Å². The van der Waals surface area contributed by atoms with E-state index in [-0.39, 0.29) is 0 Å². The van der Waals surface area contributed by atoms with Crippen molar-refractivity contribution in [2.45, 2.75) is 6.54 Å². The summed E-state index contributed by atoms with van der Waals surface area (Å²) in [6.45, 7) is 0.506. The number of benzene rings is 2. The van der Waals surface area contributed by atoms with E-state index in [0.29, 0.717) is 12.4 Å². The molecule has 0 radical (unpaired) electrons. The zero-order chi connectivity index (χ0) is 13.1. The number of hydrogen-bond acceptors (Lipinski definition) is 3. The molecule has 0 aliphatic heterocycles. The van der Waals surface area contributed by atoms with Crippen LogP contribution in [0.2, 0.25) is 0 Å². The largest absolute Gasteiger partial charge is 0.437 e. The lowest BCUT2D eigenvalue weighted by molar-refractivity contribution is 0.589. The Morgan fingerprint density at radius 3 is 2.68 bits per heavy atom. The van der Waals surface area contributed by atoms with Gasteiger partial charge in [-0.2, -0.15) is 0 Å². The highest BCUT2D eigenvalue weighted by Crippen LogP contribution is 2.18. The summed E-state index contributed by atoms with van der Waals surface area (Å²) < 4.78 is 5.68. The van der Waals surface area contributed by atoms with Gasteiger partial charge in [-0.3, -0.25) is 0 Å². The number of nitrogens with zero attached hydrogens (tertiary/aromatic N) is 1. The third-order valence-electron chi connectivity index (χ3n) is 2.92. The average molecular weight is 250 g/mol. The van der Waals surface area contributed by atoms with Crippen molar-refractivity contribution < 1.29 is 4.42 Å². The SMILES string of the molecule is NCc1ccc2nc(/C=C/c3ccccc3)oc2c1. The highest BCUT2D eigenvalue weighted by Gasteiger charge is 2.03. The molecule has 0 atom stereocenters. The summed E-state index contributed by atoms with van der Waals surface area (Å²) >= 11 is 0. The number of aromatic nitrogens is 1. The van der Waals surface area contributed by atoms with Crippen molar-refractivity contribution in [2.24, 2.45) is 5.73 Å². The van der Waals surface area contributed by atoms with E-state index in [0.717, 1.165) is 22.2 Å². The van der Waals surface area contributed by atoms with Crippen molar-refractivity contribution in [3.63, 3.8) is 0 Å². The molecule has 2 aromatic carbocycles. The van der Waals surface area contributed by atoms with Crippen LogP contribution in [0.3, 0.4) is 0 Å². The van der Waals surface area contributed by atoms with E-state index in [2.05, 4.69) is 4.98 Å². The molecule has 0 unspecified atom stereocenters. The first-order valence-electron chi connectivity index (χ1n) is 6.18. The Hall–Kier alpha value is -2.39. The van der Waals surface area contributed by atoms with Gasteiger partial charge in [0.25, 0.3) is 0 Å². The fourth-order valence-electron chi connectivity index (χ4n) is 1.92. The van der Waals surface area contributed by atoms with Crippen LogP contribution in [0.1, 0.15) is 17.0 Å². The second-order valence-corrected chi connectivity index (χ2v) is 4.30. The first kappa shape index (κ1) is 11.7. The molecule has 3 nitrogen and oxygen atoms in total. The molecule has 0 spiro atoms. The normalized spacial score (nSPS) is 11.4. The maximum Gasteiger partial charge on any atom is 0.220 e. The lowest BCUT2D eigenvalue weighted by atomic mass is 10.2. The fraction of sp³-hybridized carbons (Fsp3) is 0.0625. The first-order valence-corrected chi connectivity index (χ1v) is 6.18. The van der Waals surface area contributed by atoms with Gasteiger partial charge in [0.15, 0.2) is 5.58 Å². The maximum atomic E-state index is 5.68. The molecule has 94 valence electrons. The standard InChI is InChI=1S/C16H14N2O/c17-11-13-6-8-14-15(10-13)19-16(18-14)9-7-12-4-2-1-3-5-12/h1-10H,11,17H2/b9-7+. The Kier molecular flexibility index (Phi) is 3.12. The number of hydrogen-bond donors (Lipinski definition) is 1. The van der Waals surface area contributed by atoms with Gasteiger partial charge in [-0.1, -0.05) is 36.4 Å². The third-order valence-corrected chi connectivity index (χ3v) is 2.92. The summed E-state index contributed by atoms with van der Waals surface area (Å²) in [5.74, 6) is 0.605. The highest BCUT2D eigenvalue weighted by molar-refractivity contribution is 5.76. The van der Waals surface area contributed by atoms with Crippen LogP contribution < -0.4 is 5.73 Å². The van der Waals surface area contributed by atoms with Gasteiger partial charge < -0.3 is 10.2 Å². The Morgan fingerprint density at radius 2 is 1.89 bits per heavy atom. The Morgan fingerprint density at radius 1 is 1.05 bits per heavy atom. The van der Waals surface area contributed by atoms with E-state index >= 15 is 0 Å². The summed E-state index contributed by atoms with van der Waals surface area (Å²) in [6.07, 6.45) is 3.85. The van der Waals surface area contributed by atoms with Crippen LogP contribution in [0.4, 0.5) is 0 Å². The molecule has 3 aromatic rings. The van der Waals surface area contributed by atoms with Crippen molar-refractivity contribution in [3.05, 3.63) is 65.5 Å². The molecule has 0 aliphatic rings. The molecule has 19 heavy (non-hydrogen) atoms. The zero-order valence-electron chi connectivity index (χ0n) is 10.4. The number of rotatable bonds is 3. The monoisotopic (exact) mass is 250 g/mol. The molecule has 3 heteroatoms. The van der Waals surface area contributed by atoms with Crippen molar-refractivity contribution in [2.75, 3.05) is 0 Å². The van der Waals surface area contributed by atoms with Crippen molar-refractivity contribution in [1.29, 1.82) is 0 Å². The second kappa shape index (κ2) is 5.08. The topological polar surface area (TPSA) is 52.0 Å². The van der Waals surface area contributed by atoms with E-state index in [1.165, 1.54) is 0 Å². The van der Waals surface area contributed by atoms with Gasteiger partial charge in [0.1, 0.15) is 5.52 Å². The average Bonchev–Trinajstić information content (AvgIpc) is 2.88. The molecule has 0 saturated heterocycles. The molecular formula is C16H14N2O. The minimum absolute atomic E-state index is 0.506. The van der Waals surface area contributed by atoms with Gasteiger partial charge in [0.2, 0.25) is 5.89 Å². The van der Waals surface area contributed by atoms with E-state index < -0.39 is 0 Å². The smallest absolute Gasteiger partial charge is 0.220 e. The predicted molar refractivity (Wildman–Crippen MR) is 77.3 cm³/mol. The van der Waals surface area contributed by atoms with Gasteiger partial charge in [-0.25, -0.2) is 4.98 Å². The fourth-order valence-corrected chi connectivity index (χ4v) is 1.92. The van der Waals surface area contributed by atoms with Crippen LogP contribution in [0.5, 0.6) is 0 Å². The lowest BCUT2D eigenvalue weighted by Crippen LogP contribution is -1.94. The van der Waals surface area contributed by atoms with Crippen LogP contribution in [0.15, 0.2) is 52.9 Å². The molecular weight excluding hydrogens is 236 g/mol. The summed E-state index contributed by atoms with van der Waals surface area (Å²) in [6, 6.07) is 15.9. The van der Waals surface area contributed by atoms with Gasteiger partial charge in [0.05, 0.1) is 0 Å². The Balaban J connectivity index is 1.91. The summed E-state index contributed by atoms with van der Waals surface area (Å²) in [4.78, 5) is 4.41. The van der Waals surface area contributed by atoms with E-state index in [9.17, 15) is 0 Å². The molecule has 1 aromatic heterocycles. The minimum Gasteiger partial charge on any atom is -0.437 e. The predicted octanol–water partition coefficient (Wildman–Crippen LogP) is 3.46. The van der Waals surface area contributed by atoms with Crippen LogP contribution in [0.25, 0.3) is 23.3 Å². The second-order valence-electron chi connectivity index (χ2n) is 4.30. The van der Waals surface area contributed by atoms with Gasteiger partial charge in [0, 0.05) is 12.6 Å². The zero-order valence-corrected chi connectivity index (χ0v) is 10.4. The minimum atomic E-state index is 0.506. The Labute approximate surface area is 111 Å². The highest BCUT2D eigenvalue weighted by atomic mass is 16.3. The molecule has 0 fully saturated rings. The quantitative estimate of drug-likeness (QED) is 0.774. The summed E-state index contributed by atoms with van der Waals surface area (Å²) in [7, 11) is 0. The molecule has 3 rings (SSSR count). The van der Waals surface area contributed by atoms with Gasteiger partial charge in [-0.05, 0) is 29.3 Å². The number of oxazole rings is 1. The number of nitrogens with two attached hydrogens (primary N) is 1. The first-order chi connectivity index (χ1) is 9.35. The van der Waals surface area contributed by atoms with Crippen molar-refractivity contribution in [1.82, 2.24) is 4.98 Å². The Bertz CT molecular complexity index is 714. The molecule has 1 heterocycles. The van der Waals surface area contributed by atoms with E-state index in [1.807, 2.05) is 60.7 Å². The van der Waals surface area contributed by atoms with Gasteiger partial charge >= 0.3 is 0 Å². The number of fused-ring (bicyclic) bond motifs is 1. The van der Waals surface area contributed by atoms with Crippen molar-refractivity contribution in [3.8, 4) is 0 Å². The van der Waals surface area contributed by atoms with E-state index in [1.54, 1.807) is 0 Å². The lowest BCUT2D eigenvalue weighted by Gasteiger charge is -1.92. The van der Waals surface area contributed by atoms with Crippen LogP contribution in [0, 0.1) is 0 Å². The maximum absolute atomic E-state index is 5.68. The van der Waals surface area contributed by atoms with Crippen LogP contribution in [-0.2, 0) is 6.54 Å². The molecule has 0 saturated carbocycles. The van der Waals surface area contributed by atoms with E-state index in [4.69, 9.17) is 10.2 Å². The molecule has 0 aliphatic carbocycles. The van der Waals surface area contributed by atoms with Gasteiger partial charge in [-0.15, -0.1) is 0 Å². The van der Waals surface area contributed by atoms with Crippen LogP contribution >= 0.6 is 0 Å².